The van der Waals surface area contributed by atoms with Crippen LogP contribution in [0.5, 0.6) is 0 Å². The molecule has 28 heavy (non-hydrogen) atoms. The largest absolute Gasteiger partial charge is 0.429 e. The highest BCUT2D eigenvalue weighted by Gasteiger charge is 2.58. The van der Waals surface area contributed by atoms with Crippen LogP contribution in [0.1, 0.15) is 24.0 Å². The summed E-state index contributed by atoms with van der Waals surface area (Å²) < 4.78 is 43.0. The third-order valence-corrected chi connectivity index (χ3v) is 4.90. The van der Waals surface area contributed by atoms with Gasteiger partial charge in [-0.15, -0.1) is 0 Å². The number of benzene rings is 2. The average Bonchev–Trinajstić information content (AvgIpc) is 3.45. The predicted octanol–water partition coefficient (Wildman–Crippen LogP) is 5.71. The van der Waals surface area contributed by atoms with Crippen LogP contribution in [0.2, 0.25) is 5.02 Å². The van der Waals surface area contributed by atoms with Crippen molar-refractivity contribution in [1.82, 2.24) is 0 Å². The fraction of sp³-hybridized carbons (Fsp3) is 0.286. The summed E-state index contributed by atoms with van der Waals surface area (Å²) in [6.45, 7) is 1.93. The molecule has 0 saturated heterocycles. The number of nitrogens with zero attached hydrogens (tertiary/aromatic N) is 1. The average molecular weight is 404 g/mol. The number of hydrogen-bond donors (Lipinski definition) is 2. The number of guanidine groups is 1. The van der Waals surface area contributed by atoms with Crippen molar-refractivity contribution in [2.45, 2.75) is 31.5 Å². The first-order chi connectivity index (χ1) is 13.3. The number of aliphatic imine (C=N–C) groups is 1. The van der Waals surface area contributed by atoms with Crippen LogP contribution < -0.4 is 10.6 Å². The summed E-state index contributed by atoms with van der Waals surface area (Å²) >= 11 is 6.00. The molecule has 2 aromatic rings. The van der Waals surface area contributed by atoms with Gasteiger partial charge < -0.3 is 10.6 Å². The molecule has 3 nitrogen and oxygen atoms in total. The third kappa shape index (κ3) is 3.55. The first kappa shape index (κ1) is 18.7. The van der Waals surface area contributed by atoms with E-state index < -0.39 is 11.7 Å². The monoisotopic (exact) mass is 403 g/mol. The quantitative estimate of drug-likeness (QED) is 0.598. The minimum Gasteiger partial charge on any atom is -0.326 e. The molecule has 0 amide bonds. The Hall–Kier alpha value is -2.65. The molecule has 1 fully saturated rings. The van der Waals surface area contributed by atoms with Gasteiger partial charge in [-0.25, -0.2) is 4.99 Å². The number of halogens is 4. The highest BCUT2D eigenvalue weighted by atomic mass is 35.5. The smallest absolute Gasteiger partial charge is 0.326 e. The molecule has 0 bridgehead atoms. The lowest BCUT2D eigenvalue weighted by atomic mass is 9.87. The summed E-state index contributed by atoms with van der Waals surface area (Å²) in [5, 5.41) is 6.06. The minimum absolute atomic E-state index is 0.000419. The maximum Gasteiger partial charge on any atom is 0.429 e. The second kappa shape index (κ2) is 6.75. The molecule has 2 aromatic carbocycles. The molecule has 144 valence electrons. The van der Waals surface area contributed by atoms with Crippen LogP contribution in [-0.4, -0.2) is 12.1 Å². The Morgan fingerprint density at radius 1 is 1.18 bits per heavy atom. The molecular weight excluding hydrogens is 387 g/mol. The van der Waals surface area contributed by atoms with E-state index in [0.29, 0.717) is 5.69 Å². The molecule has 1 unspecified atom stereocenters. The Kier molecular flexibility index (Phi) is 4.51. The molecule has 1 heterocycles. The highest BCUT2D eigenvalue weighted by molar-refractivity contribution is 6.30. The van der Waals surface area contributed by atoms with Crippen molar-refractivity contribution in [3.63, 3.8) is 0 Å². The Morgan fingerprint density at radius 3 is 2.54 bits per heavy atom. The molecule has 1 aliphatic heterocycles. The molecule has 0 radical (unpaired) electrons. The second-order valence-electron chi connectivity index (χ2n) is 7.02. The van der Waals surface area contributed by atoms with Crippen molar-refractivity contribution in [1.29, 1.82) is 0 Å². The van der Waals surface area contributed by atoms with Gasteiger partial charge in [0.05, 0.1) is 0 Å². The second-order valence-corrected chi connectivity index (χ2v) is 7.45. The van der Waals surface area contributed by atoms with Crippen molar-refractivity contribution < 1.29 is 13.2 Å². The van der Waals surface area contributed by atoms with Crippen molar-refractivity contribution in [3.8, 4) is 11.8 Å². The lowest BCUT2D eigenvalue weighted by Crippen LogP contribution is -2.45. The van der Waals surface area contributed by atoms with Gasteiger partial charge >= 0.3 is 6.18 Å². The SMILES string of the molecule is Cc1ccc(NC2=NC(C#CC3CC3)(C(F)(F)F)c3cc(Cl)ccc3N2)cc1. The zero-order valence-corrected chi connectivity index (χ0v) is 15.7. The van der Waals surface area contributed by atoms with E-state index in [1.807, 2.05) is 19.1 Å². The van der Waals surface area contributed by atoms with Gasteiger partial charge in [0.15, 0.2) is 0 Å². The van der Waals surface area contributed by atoms with Gasteiger partial charge in [-0.3, -0.25) is 0 Å². The number of hydrogen-bond acceptors (Lipinski definition) is 3. The lowest BCUT2D eigenvalue weighted by molar-refractivity contribution is -0.170. The van der Waals surface area contributed by atoms with E-state index in [2.05, 4.69) is 27.5 Å². The predicted molar refractivity (Wildman–Crippen MR) is 106 cm³/mol. The number of nitrogens with one attached hydrogen (secondary N) is 2. The van der Waals surface area contributed by atoms with Crippen LogP contribution in [0.15, 0.2) is 47.5 Å². The van der Waals surface area contributed by atoms with Gasteiger partial charge in [0.1, 0.15) is 0 Å². The Balaban J connectivity index is 1.84. The minimum atomic E-state index is -4.71. The van der Waals surface area contributed by atoms with Gasteiger partial charge in [-0.2, -0.15) is 13.2 Å². The van der Waals surface area contributed by atoms with E-state index in [9.17, 15) is 13.2 Å². The molecule has 0 spiro atoms. The van der Waals surface area contributed by atoms with Gasteiger partial charge in [0, 0.05) is 27.9 Å². The lowest BCUT2D eigenvalue weighted by Gasteiger charge is -2.34. The van der Waals surface area contributed by atoms with Gasteiger partial charge in [0.25, 0.3) is 0 Å². The van der Waals surface area contributed by atoms with Gasteiger partial charge in [-0.1, -0.05) is 41.1 Å². The molecule has 2 aliphatic rings. The number of rotatable bonds is 1. The molecule has 1 aliphatic carbocycles. The maximum atomic E-state index is 14.3. The number of alkyl halides is 3. The van der Waals surface area contributed by atoms with E-state index in [1.165, 1.54) is 18.2 Å². The summed E-state index contributed by atoms with van der Waals surface area (Å²) in [6.07, 6.45) is -3.07. The Bertz CT molecular complexity index is 998. The molecule has 4 rings (SSSR count). The zero-order valence-electron chi connectivity index (χ0n) is 15.0. The normalized spacial score (nSPS) is 21.0. The van der Waals surface area contributed by atoms with Crippen molar-refractivity contribution in [2.75, 3.05) is 10.6 Å². The molecule has 0 aromatic heterocycles. The maximum absolute atomic E-state index is 14.3. The third-order valence-electron chi connectivity index (χ3n) is 4.66. The van der Waals surface area contributed by atoms with Crippen LogP contribution in [0.25, 0.3) is 0 Å². The summed E-state index contributed by atoms with van der Waals surface area (Å²) in [5.74, 6) is 5.18. The summed E-state index contributed by atoms with van der Waals surface area (Å²) in [4.78, 5) is 4.02. The molecular formula is C21H17ClF3N3. The molecule has 7 heteroatoms. The van der Waals surface area contributed by atoms with Gasteiger partial charge in [0.2, 0.25) is 11.5 Å². The number of aryl methyl sites for hydroxylation is 1. The topological polar surface area (TPSA) is 36.4 Å². The van der Waals surface area contributed by atoms with Crippen LogP contribution in [-0.2, 0) is 5.54 Å². The van der Waals surface area contributed by atoms with Gasteiger partial charge in [-0.05, 0) is 50.1 Å². The van der Waals surface area contributed by atoms with Crippen molar-refractivity contribution >= 4 is 28.9 Å². The fourth-order valence-corrected chi connectivity index (χ4v) is 3.13. The summed E-state index contributed by atoms with van der Waals surface area (Å²) in [5.41, 5.74) is -0.815. The number of anilines is 2. The van der Waals surface area contributed by atoms with Crippen LogP contribution in [0.3, 0.4) is 0 Å². The van der Waals surface area contributed by atoms with Crippen LogP contribution in [0.4, 0.5) is 24.5 Å². The summed E-state index contributed by atoms with van der Waals surface area (Å²) in [7, 11) is 0. The zero-order chi connectivity index (χ0) is 19.9. The first-order valence-corrected chi connectivity index (χ1v) is 9.25. The van der Waals surface area contributed by atoms with Crippen molar-refractivity contribution in [3.05, 3.63) is 58.6 Å². The fourth-order valence-electron chi connectivity index (χ4n) is 2.96. The van der Waals surface area contributed by atoms with E-state index >= 15 is 0 Å². The van der Waals surface area contributed by atoms with Crippen LogP contribution in [0, 0.1) is 24.7 Å². The first-order valence-electron chi connectivity index (χ1n) is 8.87. The van der Waals surface area contributed by atoms with Crippen LogP contribution >= 0.6 is 11.6 Å². The Labute approximate surface area is 166 Å². The summed E-state index contributed by atoms with van der Waals surface area (Å²) in [6, 6.07) is 11.6. The Morgan fingerprint density at radius 2 is 1.89 bits per heavy atom. The van der Waals surface area contributed by atoms with Crippen molar-refractivity contribution in [2.24, 2.45) is 10.9 Å². The highest BCUT2D eigenvalue weighted by Crippen LogP contribution is 2.48. The molecule has 1 saturated carbocycles. The van der Waals surface area contributed by atoms with E-state index in [1.54, 1.807) is 12.1 Å². The number of fused-ring (bicyclic) bond motifs is 1. The van der Waals surface area contributed by atoms with E-state index in [0.717, 1.165) is 18.4 Å². The molecule has 2 N–H and O–H groups in total. The van der Waals surface area contributed by atoms with E-state index in [-0.39, 0.29) is 28.2 Å². The molecule has 1 atom stereocenters. The standard InChI is InChI=1S/C21H17ClF3N3/c1-13-2-7-16(8-3-13)26-19-27-18-9-6-15(22)12-17(18)20(28-19,21(23,24)25)11-10-14-4-5-14/h2-3,6-9,12,14H,4-5H2,1H3,(H2,26,27,28). The van der Waals surface area contributed by atoms with E-state index in [4.69, 9.17) is 11.6 Å².